The summed E-state index contributed by atoms with van der Waals surface area (Å²) in [7, 11) is 1.55. The monoisotopic (exact) mass is 255 g/mol. The van der Waals surface area contributed by atoms with Gasteiger partial charge in [-0.15, -0.1) is 0 Å². The molecule has 0 atom stereocenters. The van der Waals surface area contributed by atoms with Gasteiger partial charge < -0.3 is 10.2 Å². The fraction of sp³-hybridized carbons (Fsp3) is 0.364. The summed E-state index contributed by atoms with van der Waals surface area (Å²) in [5.74, 6) is -0.503. The van der Waals surface area contributed by atoms with Crippen molar-refractivity contribution in [3.05, 3.63) is 29.0 Å². The summed E-state index contributed by atoms with van der Waals surface area (Å²) >= 11 is 5.85. The van der Waals surface area contributed by atoms with Crippen molar-refractivity contribution in [2.75, 3.05) is 20.1 Å². The van der Waals surface area contributed by atoms with Gasteiger partial charge in [-0.1, -0.05) is 11.6 Å². The van der Waals surface area contributed by atoms with Gasteiger partial charge in [0.2, 0.25) is 5.91 Å². The lowest BCUT2D eigenvalue weighted by Crippen LogP contribution is -2.38. The van der Waals surface area contributed by atoms with E-state index in [1.54, 1.807) is 7.05 Å². The van der Waals surface area contributed by atoms with Crippen LogP contribution in [0.25, 0.3) is 0 Å². The zero-order valence-corrected chi connectivity index (χ0v) is 10.5. The number of nitrogens with one attached hydrogen (secondary N) is 1. The molecule has 2 amide bonds. The van der Waals surface area contributed by atoms with E-state index in [9.17, 15) is 9.59 Å². The number of pyridine rings is 1. The van der Waals surface area contributed by atoms with Gasteiger partial charge in [0, 0.05) is 26.0 Å². The van der Waals surface area contributed by atoms with E-state index in [-0.39, 0.29) is 23.4 Å². The Balaban J connectivity index is 2.70. The van der Waals surface area contributed by atoms with E-state index in [0.717, 1.165) is 0 Å². The maximum atomic E-state index is 11.9. The van der Waals surface area contributed by atoms with Crippen molar-refractivity contribution in [2.24, 2.45) is 0 Å². The highest BCUT2D eigenvalue weighted by Gasteiger charge is 2.16. The molecule has 1 aromatic rings. The quantitative estimate of drug-likeness (QED) is 0.871. The van der Waals surface area contributed by atoms with E-state index in [1.807, 2.05) is 6.92 Å². The summed E-state index contributed by atoms with van der Waals surface area (Å²) < 4.78 is 0. The van der Waals surface area contributed by atoms with Gasteiger partial charge >= 0.3 is 0 Å². The summed E-state index contributed by atoms with van der Waals surface area (Å²) in [4.78, 5) is 28.4. The van der Waals surface area contributed by atoms with Crippen LogP contribution in [0.3, 0.4) is 0 Å². The Bertz CT molecular complexity index is 423. The third kappa shape index (κ3) is 3.71. The van der Waals surface area contributed by atoms with Crippen molar-refractivity contribution in [3.8, 4) is 0 Å². The molecule has 0 bridgehead atoms. The van der Waals surface area contributed by atoms with Crippen molar-refractivity contribution in [3.63, 3.8) is 0 Å². The third-order valence-corrected chi connectivity index (χ3v) is 2.41. The smallest absolute Gasteiger partial charge is 0.255 e. The molecule has 0 aliphatic heterocycles. The van der Waals surface area contributed by atoms with Crippen LogP contribution in [0.2, 0.25) is 5.02 Å². The van der Waals surface area contributed by atoms with Gasteiger partial charge in [-0.2, -0.15) is 0 Å². The summed E-state index contributed by atoms with van der Waals surface area (Å²) in [6, 6.07) is 1.53. The minimum absolute atomic E-state index is 0.00528. The second kappa shape index (κ2) is 6.20. The number of likely N-dealkylation sites (N-methyl/N-ethyl adjacent to an activating group) is 2. The number of carbonyl (C=O) groups is 2. The molecular weight excluding hydrogens is 242 g/mol. The number of halogens is 1. The lowest BCUT2D eigenvalue weighted by molar-refractivity contribution is -0.121. The van der Waals surface area contributed by atoms with E-state index >= 15 is 0 Å². The highest BCUT2D eigenvalue weighted by Crippen LogP contribution is 2.14. The Morgan fingerprint density at radius 2 is 2.24 bits per heavy atom. The average molecular weight is 256 g/mol. The van der Waals surface area contributed by atoms with Crippen LogP contribution in [-0.2, 0) is 4.79 Å². The van der Waals surface area contributed by atoms with Gasteiger partial charge in [0.25, 0.3) is 5.91 Å². The second-order valence-corrected chi connectivity index (χ2v) is 3.88. The number of nitrogens with zero attached hydrogens (tertiary/aromatic N) is 2. The van der Waals surface area contributed by atoms with E-state index in [2.05, 4.69) is 10.3 Å². The van der Waals surface area contributed by atoms with Gasteiger partial charge in [0.15, 0.2) is 0 Å². The number of rotatable bonds is 4. The normalized spacial score (nSPS) is 9.82. The number of amides is 2. The molecule has 17 heavy (non-hydrogen) atoms. The van der Waals surface area contributed by atoms with Crippen molar-refractivity contribution >= 4 is 23.4 Å². The third-order valence-electron chi connectivity index (χ3n) is 2.10. The summed E-state index contributed by atoms with van der Waals surface area (Å²) in [6.07, 6.45) is 2.88. The first-order chi connectivity index (χ1) is 8.06. The van der Waals surface area contributed by atoms with Gasteiger partial charge in [0.1, 0.15) is 0 Å². The highest BCUT2D eigenvalue weighted by molar-refractivity contribution is 6.33. The number of hydrogen-bond donors (Lipinski definition) is 1. The van der Waals surface area contributed by atoms with Crippen LogP contribution in [0.15, 0.2) is 18.5 Å². The van der Waals surface area contributed by atoms with Gasteiger partial charge in [-0.25, -0.2) is 0 Å². The topological polar surface area (TPSA) is 62.3 Å². The first-order valence-electron chi connectivity index (χ1n) is 5.18. The number of hydrogen-bond acceptors (Lipinski definition) is 3. The SMILES string of the molecule is CCNC(=O)CN(C)C(=O)c1ccncc1Cl. The largest absolute Gasteiger partial charge is 0.355 e. The van der Waals surface area contributed by atoms with E-state index in [4.69, 9.17) is 11.6 Å². The zero-order chi connectivity index (χ0) is 12.8. The molecule has 0 unspecified atom stereocenters. The van der Waals surface area contributed by atoms with Crippen LogP contribution in [0.1, 0.15) is 17.3 Å². The lowest BCUT2D eigenvalue weighted by Gasteiger charge is -2.16. The van der Waals surface area contributed by atoms with Crippen LogP contribution >= 0.6 is 11.6 Å². The minimum atomic E-state index is -0.302. The van der Waals surface area contributed by atoms with E-state index < -0.39 is 0 Å². The Morgan fingerprint density at radius 3 is 2.82 bits per heavy atom. The molecule has 6 heteroatoms. The predicted molar refractivity (Wildman–Crippen MR) is 64.9 cm³/mol. The van der Waals surface area contributed by atoms with Crippen LogP contribution in [0.4, 0.5) is 0 Å². The molecule has 92 valence electrons. The van der Waals surface area contributed by atoms with Crippen LogP contribution in [0, 0.1) is 0 Å². The fourth-order valence-corrected chi connectivity index (χ4v) is 1.49. The van der Waals surface area contributed by atoms with Crippen molar-refractivity contribution in [1.82, 2.24) is 15.2 Å². The van der Waals surface area contributed by atoms with Gasteiger partial charge in [0.05, 0.1) is 17.1 Å². The second-order valence-electron chi connectivity index (χ2n) is 3.47. The molecular formula is C11H14ClN3O2. The first-order valence-corrected chi connectivity index (χ1v) is 5.55. The van der Waals surface area contributed by atoms with Crippen LogP contribution in [-0.4, -0.2) is 41.8 Å². The van der Waals surface area contributed by atoms with Crippen molar-refractivity contribution < 1.29 is 9.59 Å². The van der Waals surface area contributed by atoms with Crippen molar-refractivity contribution in [1.29, 1.82) is 0 Å². The van der Waals surface area contributed by atoms with Crippen LogP contribution in [0.5, 0.6) is 0 Å². The molecule has 1 aromatic heterocycles. The lowest BCUT2D eigenvalue weighted by atomic mass is 10.2. The average Bonchev–Trinajstić information content (AvgIpc) is 2.29. The van der Waals surface area contributed by atoms with Crippen molar-refractivity contribution in [2.45, 2.75) is 6.92 Å². The standard InChI is InChI=1S/C11H14ClN3O2/c1-3-14-10(16)7-15(2)11(17)8-4-5-13-6-9(8)12/h4-6H,3,7H2,1-2H3,(H,14,16). The first kappa shape index (κ1) is 13.4. The molecule has 0 saturated heterocycles. The Kier molecular flexibility index (Phi) is 4.90. The molecule has 0 saturated carbocycles. The summed E-state index contributed by atoms with van der Waals surface area (Å²) in [5, 5.41) is 2.90. The zero-order valence-electron chi connectivity index (χ0n) is 9.74. The number of carbonyl (C=O) groups excluding carboxylic acids is 2. The predicted octanol–water partition coefficient (Wildman–Crippen LogP) is 0.943. The highest BCUT2D eigenvalue weighted by atomic mass is 35.5. The molecule has 1 heterocycles. The Morgan fingerprint density at radius 1 is 1.53 bits per heavy atom. The molecule has 5 nitrogen and oxygen atoms in total. The van der Waals surface area contributed by atoms with Crippen LogP contribution < -0.4 is 5.32 Å². The van der Waals surface area contributed by atoms with Gasteiger partial charge in [-0.3, -0.25) is 14.6 Å². The van der Waals surface area contributed by atoms with E-state index in [1.165, 1.54) is 23.4 Å². The molecule has 0 aliphatic rings. The maximum Gasteiger partial charge on any atom is 0.255 e. The fourth-order valence-electron chi connectivity index (χ4n) is 1.29. The van der Waals surface area contributed by atoms with E-state index in [0.29, 0.717) is 12.1 Å². The molecule has 0 aromatic carbocycles. The molecule has 0 aliphatic carbocycles. The molecule has 1 rings (SSSR count). The minimum Gasteiger partial charge on any atom is -0.355 e. The molecule has 1 N–H and O–H groups in total. The number of aromatic nitrogens is 1. The molecule has 0 spiro atoms. The van der Waals surface area contributed by atoms with Gasteiger partial charge in [-0.05, 0) is 13.0 Å². The Labute approximate surface area is 105 Å². The Hall–Kier alpha value is -1.62. The summed E-state index contributed by atoms with van der Waals surface area (Å²) in [5.41, 5.74) is 0.341. The molecule has 0 fully saturated rings. The maximum absolute atomic E-state index is 11.9. The summed E-state index contributed by atoms with van der Waals surface area (Å²) in [6.45, 7) is 2.36. The molecule has 0 radical (unpaired) electrons.